The Morgan fingerprint density at radius 2 is 1.35 bits per heavy atom. The Hall–Kier alpha value is -3.58. The van der Waals surface area contributed by atoms with Crippen LogP contribution < -0.4 is 24.7 Å². The molecule has 0 saturated carbocycles. The van der Waals surface area contributed by atoms with Gasteiger partial charge in [-0.1, -0.05) is 41.0 Å². The van der Waals surface area contributed by atoms with Crippen molar-refractivity contribution >= 4 is 17.4 Å². The van der Waals surface area contributed by atoms with E-state index in [1.165, 1.54) is 0 Å². The van der Waals surface area contributed by atoms with Gasteiger partial charge in [-0.25, -0.2) is 0 Å². The molecule has 3 aromatic carbocycles. The summed E-state index contributed by atoms with van der Waals surface area (Å²) in [7, 11) is 3.22. The molecule has 7 nitrogen and oxygen atoms in total. The van der Waals surface area contributed by atoms with Crippen LogP contribution in [0.15, 0.2) is 65.8 Å². The maximum atomic E-state index is 9.04. The Labute approximate surface area is 185 Å². The van der Waals surface area contributed by atoms with Crippen molar-refractivity contribution in [3.63, 3.8) is 0 Å². The standard InChI is InChI=1S/C23H23ClN2O5/c1-28-17-7-3-15(4-8-17)13-30-20-12-11-19(23(25)26-27)21(24)22(20)31-14-16-5-9-18(29-2)10-6-16/h3-12,27H,13-14H2,1-2H3,(H2,25,26). The van der Waals surface area contributed by atoms with Crippen molar-refractivity contribution in [1.82, 2.24) is 0 Å². The van der Waals surface area contributed by atoms with Crippen LogP contribution in [-0.4, -0.2) is 25.3 Å². The van der Waals surface area contributed by atoms with E-state index in [-0.39, 0.29) is 17.5 Å². The molecule has 0 bridgehead atoms. The second-order valence-electron chi connectivity index (χ2n) is 6.51. The van der Waals surface area contributed by atoms with E-state index in [0.717, 1.165) is 22.6 Å². The Balaban J connectivity index is 1.83. The van der Waals surface area contributed by atoms with Crippen molar-refractivity contribution in [3.8, 4) is 23.0 Å². The van der Waals surface area contributed by atoms with Crippen molar-refractivity contribution in [3.05, 3.63) is 82.4 Å². The van der Waals surface area contributed by atoms with Gasteiger partial charge < -0.3 is 29.9 Å². The van der Waals surface area contributed by atoms with Crippen molar-refractivity contribution < 1.29 is 24.2 Å². The number of rotatable bonds is 9. The molecule has 0 aromatic heterocycles. The highest BCUT2D eigenvalue weighted by atomic mass is 35.5. The van der Waals surface area contributed by atoms with E-state index >= 15 is 0 Å². The van der Waals surface area contributed by atoms with Gasteiger partial charge >= 0.3 is 0 Å². The Morgan fingerprint density at radius 3 is 1.84 bits per heavy atom. The number of hydrogen-bond donors (Lipinski definition) is 2. The number of benzene rings is 3. The molecule has 0 aliphatic rings. The van der Waals surface area contributed by atoms with Gasteiger partial charge in [-0.2, -0.15) is 0 Å². The number of nitrogens with zero attached hydrogens (tertiary/aromatic N) is 1. The fourth-order valence-corrected chi connectivity index (χ4v) is 3.11. The first-order valence-corrected chi connectivity index (χ1v) is 9.75. The Kier molecular flexibility index (Phi) is 7.45. The topological polar surface area (TPSA) is 95.5 Å². The zero-order valence-electron chi connectivity index (χ0n) is 17.2. The normalized spacial score (nSPS) is 11.1. The molecule has 31 heavy (non-hydrogen) atoms. The van der Waals surface area contributed by atoms with Gasteiger partial charge in [-0.05, 0) is 47.5 Å². The maximum Gasteiger partial charge on any atom is 0.181 e. The molecule has 0 atom stereocenters. The summed E-state index contributed by atoms with van der Waals surface area (Å²) in [5, 5.41) is 12.3. The highest BCUT2D eigenvalue weighted by Gasteiger charge is 2.17. The van der Waals surface area contributed by atoms with Crippen molar-refractivity contribution in [2.75, 3.05) is 14.2 Å². The largest absolute Gasteiger partial charge is 0.497 e. The summed E-state index contributed by atoms with van der Waals surface area (Å²) >= 11 is 6.51. The second kappa shape index (κ2) is 10.4. The number of oxime groups is 1. The summed E-state index contributed by atoms with van der Waals surface area (Å²) < 4.78 is 22.3. The van der Waals surface area contributed by atoms with E-state index < -0.39 is 0 Å². The van der Waals surface area contributed by atoms with Crippen molar-refractivity contribution in [2.24, 2.45) is 10.9 Å². The van der Waals surface area contributed by atoms with Gasteiger partial charge in [0.05, 0.1) is 19.2 Å². The zero-order valence-corrected chi connectivity index (χ0v) is 17.9. The predicted molar refractivity (Wildman–Crippen MR) is 119 cm³/mol. The second-order valence-corrected chi connectivity index (χ2v) is 6.89. The third kappa shape index (κ3) is 5.52. The summed E-state index contributed by atoms with van der Waals surface area (Å²) in [6.45, 7) is 0.532. The smallest absolute Gasteiger partial charge is 0.181 e. The number of amidine groups is 1. The van der Waals surface area contributed by atoms with Crippen LogP contribution in [0.3, 0.4) is 0 Å². The summed E-state index contributed by atoms with van der Waals surface area (Å²) in [6.07, 6.45) is 0. The van der Waals surface area contributed by atoms with Gasteiger partial charge in [0.1, 0.15) is 24.7 Å². The van der Waals surface area contributed by atoms with Crippen LogP contribution in [0.2, 0.25) is 5.02 Å². The number of hydrogen-bond acceptors (Lipinski definition) is 6. The molecule has 0 heterocycles. The molecule has 3 aromatic rings. The fourth-order valence-electron chi connectivity index (χ4n) is 2.80. The highest BCUT2D eigenvalue weighted by Crippen LogP contribution is 2.39. The van der Waals surface area contributed by atoms with Gasteiger partial charge in [0.2, 0.25) is 0 Å². The van der Waals surface area contributed by atoms with Gasteiger partial charge in [-0.15, -0.1) is 0 Å². The highest BCUT2D eigenvalue weighted by molar-refractivity contribution is 6.35. The molecule has 8 heteroatoms. The molecular weight excluding hydrogens is 420 g/mol. The minimum Gasteiger partial charge on any atom is -0.497 e. The lowest BCUT2D eigenvalue weighted by molar-refractivity contribution is 0.256. The third-order valence-electron chi connectivity index (χ3n) is 4.54. The first-order valence-electron chi connectivity index (χ1n) is 9.37. The predicted octanol–water partition coefficient (Wildman–Crippen LogP) is 4.61. The summed E-state index contributed by atoms with van der Waals surface area (Å²) in [6, 6.07) is 18.3. The average Bonchev–Trinajstić information content (AvgIpc) is 2.82. The molecule has 0 fully saturated rings. The number of methoxy groups -OCH3 is 2. The van der Waals surface area contributed by atoms with E-state index in [4.69, 9.17) is 41.5 Å². The quantitative estimate of drug-likeness (QED) is 0.217. The molecule has 0 unspecified atom stereocenters. The molecule has 0 aliphatic heterocycles. The van der Waals surface area contributed by atoms with E-state index in [0.29, 0.717) is 23.7 Å². The molecule has 0 radical (unpaired) electrons. The number of halogens is 1. The average molecular weight is 443 g/mol. The van der Waals surface area contributed by atoms with Crippen molar-refractivity contribution in [2.45, 2.75) is 13.2 Å². The third-order valence-corrected chi connectivity index (χ3v) is 4.92. The summed E-state index contributed by atoms with van der Waals surface area (Å²) in [5.74, 6) is 2.12. The van der Waals surface area contributed by atoms with Crippen LogP contribution >= 0.6 is 11.6 Å². The molecular formula is C23H23ClN2O5. The van der Waals surface area contributed by atoms with Gasteiger partial charge in [0.25, 0.3) is 0 Å². The minimum atomic E-state index is -0.124. The van der Waals surface area contributed by atoms with E-state index in [1.807, 2.05) is 48.5 Å². The Bertz CT molecular complexity index is 1040. The van der Waals surface area contributed by atoms with Gasteiger partial charge in [0.15, 0.2) is 17.3 Å². The first-order chi connectivity index (χ1) is 15.0. The molecule has 0 saturated heterocycles. The SMILES string of the molecule is COc1ccc(COc2ccc(C(N)=NO)c(Cl)c2OCc2ccc(OC)cc2)cc1. The van der Waals surface area contributed by atoms with Crippen LogP contribution in [0.1, 0.15) is 16.7 Å². The zero-order chi connectivity index (χ0) is 22.2. The summed E-state index contributed by atoms with van der Waals surface area (Å²) in [4.78, 5) is 0. The van der Waals surface area contributed by atoms with E-state index in [9.17, 15) is 0 Å². The molecule has 3 rings (SSSR count). The molecule has 0 amide bonds. The number of ether oxygens (including phenoxy) is 4. The molecule has 162 valence electrons. The van der Waals surface area contributed by atoms with Crippen LogP contribution in [0, 0.1) is 0 Å². The monoisotopic (exact) mass is 442 g/mol. The minimum absolute atomic E-state index is 0.124. The summed E-state index contributed by atoms with van der Waals surface area (Å²) in [5.41, 5.74) is 7.93. The van der Waals surface area contributed by atoms with Gasteiger partial charge in [-0.3, -0.25) is 0 Å². The fraction of sp³-hybridized carbons (Fsp3) is 0.174. The molecule has 0 aliphatic carbocycles. The lowest BCUT2D eigenvalue weighted by Crippen LogP contribution is -2.14. The van der Waals surface area contributed by atoms with Crippen LogP contribution in [0.5, 0.6) is 23.0 Å². The van der Waals surface area contributed by atoms with Crippen LogP contribution in [0.4, 0.5) is 0 Å². The first kappa shape index (κ1) is 22.1. The molecule has 0 spiro atoms. The van der Waals surface area contributed by atoms with Crippen LogP contribution in [-0.2, 0) is 13.2 Å². The van der Waals surface area contributed by atoms with E-state index in [1.54, 1.807) is 26.4 Å². The lowest BCUT2D eigenvalue weighted by Gasteiger charge is -2.16. The van der Waals surface area contributed by atoms with Crippen LogP contribution in [0.25, 0.3) is 0 Å². The van der Waals surface area contributed by atoms with Gasteiger partial charge in [0, 0.05) is 5.56 Å². The lowest BCUT2D eigenvalue weighted by atomic mass is 10.1. The van der Waals surface area contributed by atoms with E-state index in [2.05, 4.69) is 5.16 Å². The Morgan fingerprint density at radius 1 is 0.839 bits per heavy atom. The molecule has 3 N–H and O–H groups in total. The van der Waals surface area contributed by atoms with Crippen molar-refractivity contribution in [1.29, 1.82) is 0 Å². The maximum absolute atomic E-state index is 9.04. The number of nitrogens with two attached hydrogens (primary N) is 1.